The Kier molecular flexibility index (Phi) is 4.85. The minimum atomic E-state index is 0.639. The summed E-state index contributed by atoms with van der Waals surface area (Å²) in [6.45, 7) is 3.69. The number of pyridine rings is 2. The van der Waals surface area contributed by atoms with Gasteiger partial charge in [0.1, 0.15) is 0 Å². The average molecular weight is 519 g/mol. The smallest absolute Gasteiger partial charge is 0.191 e. The van der Waals surface area contributed by atoms with Gasteiger partial charge in [-0.2, -0.15) is 0 Å². The molecular formula is C34H22N4O2. The Morgan fingerprint density at radius 1 is 0.425 bits per heavy atom. The third-order valence-electron chi connectivity index (χ3n) is 7.49. The highest BCUT2D eigenvalue weighted by atomic mass is 16.4. The van der Waals surface area contributed by atoms with E-state index in [0.717, 1.165) is 44.9 Å². The van der Waals surface area contributed by atoms with Gasteiger partial charge in [-0.3, -0.25) is 9.97 Å². The summed E-state index contributed by atoms with van der Waals surface area (Å²) in [4.78, 5) is 17.4. The van der Waals surface area contributed by atoms with Crippen LogP contribution >= 0.6 is 0 Å². The van der Waals surface area contributed by atoms with Crippen LogP contribution in [0.3, 0.4) is 0 Å². The number of hydrogen-bond donors (Lipinski definition) is 0. The average Bonchev–Trinajstić information content (AvgIpc) is 3.64. The number of benzene rings is 4. The molecule has 0 radical (unpaired) electrons. The van der Waals surface area contributed by atoms with Crippen LogP contribution in [0.15, 0.2) is 107 Å². The van der Waals surface area contributed by atoms with Gasteiger partial charge < -0.3 is 8.83 Å². The van der Waals surface area contributed by atoms with Gasteiger partial charge in [0, 0.05) is 60.9 Å². The van der Waals surface area contributed by atoms with E-state index in [4.69, 9.17) is 8.83 Å². The van der Waals surface area contributed by atoms with Crippen molar-refractivity contribution in [3.05, 3.63) is 110 Å². The Bertz CT molecular complexity index is 1980. The number of aryl methyl sites for hydroxylation is 2. The summed E-state index contributed by atoms with van der Waals surface area (Å²) in [6, 6.07) is 22.0. The van der Waals surface area contributed by atoms with Gasteiger partial charge in [-0.05, 0) is 79.8 Å². The first kappa shape index (κ1) is 22.6. The van der Waals surface area contributed by atoms with Crippen molar-refractivity contribution in [2.24, 2.45) is 0 Å². The van der Waals surface area contributed by atoms with Crippen LogP contribution in [0.1, 0.15) is 11.8 Å². The molecule has 0 unspecified atom stereocenters. The molecule has 6 nitrogen and oxygen atoms in total. The van der Waals surface area contributed by atoms with Crippen LogP contribution in [0.2, 0.25) is 0 Å². The zero-order chi connectivity index (χ0) is 26.8. The molecular weight excluding hydrogens is 496 g/mol. The van der Waals surface area contributed by atoms with Crippen LogP contribution in [0.25, 0.3) is 77.2 Å². The summed E-state index contributed by atoms with van der Waals surface area (Å²) in [5.74, 6) is 2.72. The van der Waals surface area contributed by atoms with Gasteiger partial charge in [0.25, 0.3) is 0 Å². The number of rotatable bonds is 4. The molecule has 8 aromatic rings. The molecule has 6 heteroatoms. The topological polar surface area (TPSA) is 77.8 Å². The predicted octanol–water partition coefficient (Wildman–Crippen LogP) is 8.63. The fourth-order valence-electron chi connectivity index (χ4n) is 5.63. The number of oxazole rings is 2. The Labute approximate surface area is 229 Å². The van der Waals surface area contributed by atoms with Crippen LogP contribution in [0, 0.1) is 13.8 Å². The third kappa shape index (κ3) is 3.65. The van der Waals surface area contributed by atoms with E-state index < -0.39 is 0 Å². The van der Waals surface area contributed by atoms with E-state index in [2.05, 4.69) is 80.6 Å². The summed E-state index contributed by atoms with van der Waals surface area (Å²) in [6.07, 6.45) is 10.9. The second kappa shape index (κ2) is 8.58. The van der Waals surface area contributed by atoms with Crippen molar-refractivity contribution in [3.63, 3.8) is 0 Å². The lowest BCUT2D eigenvalue weighted by Gasteiger charge is -2.14. The molecule has 4 aromatic heterocycles. The van der Waals surface area contributed by atoms with E-state index in [9.17, 15) is 0 Å². The molecule has 190 valence electrons. The highest BCUT2D eigenvalue weighted by Crippen LogP contribution is 2.40. The molecule has 0 amide bonds. The van der Waals surface area contributed by atoms with Gasteiger partial charge in [-0.1, -0.05) is 24.3 Å². The SMILES string of the molecule is Cc1ncc(-c2cncc(-c3cc4ccc5cc(-c6cncc(-c7cnc(C)o7)c6)cc6ccc(c3)c4c56)c2)o1. The van der Waals surface area contributed by atoms with Crippen LogP contribution in [0.4, 0.5) is 0 Å². The minimum absolute atomic E-state index is 0.639. The zero-order valence-corrected chi connectivity index (χ0v) is 21.8. The van der Waals surface area contributed by atoms with Crippen molar-refractivity contribution >= 4 is 32.3 Å². The van der Waals surface area contributed by atoms with E-state index in [0.29, 0.717) is 11.8 Å². The Morgan fingerprint density at radius 3 is 1.15 bits per heavy atom. The molecule has 0 fully saturated rings. The van der Waals surface area contributed by atoms with Gasteiger partial charge in [-0.25, -0.2) is 9.97 Å². The second-order valence-electron chi connectivity index (χ2n) is 10.1. The highest BCUT2D eigenvalue weighted by Gasteiger charge is 2.14. The standard InChI is InChI=1S/C34H22N4O2/c1-19-37-17-31(39-19)29-11-27(13-35-15-29)25-7-21-3-5-23-9-26(10-24-6-4-22(8-25)33(21)34(23)24)28-12-30(16-36-14-28)32-18-38-20(2)40-32/h3-18H,1-2H3. The van der Waals surface area contributed by atoms with Gasteiger partial charge in [-0.15, -0.1) is 0 Å². The number of hydrogen-bond acceptors (Lipinski definition) is 6. The molecule has 0 bridgehead atoms. The van der Waals surface area contributed by atoms with Crippen LogP contribution in [-0.4, -0.2) is 19.9 Å². The van der Waals surface area contributed by atoms with Gasteiger partial charge in [0.05, 0.1) is 12.4 Å². The minimum Gasteiger partial charge on any atom is -0.441 e. The van der Waals surface area contributed by atoms with Crippen molar-refractivity contribution in [1.29, 1.82) is 0 Å². The summed E-state index contributed by atoms with van der Waals surface area (Å²) >= 11 is 0. The summed E-state index contributed by atoms with van der Waals surface area (Å²) < 4.78 is 11.5. The van der Waals surface area contributed by atoms with Crippen LogP contribution in [-0.2, 0) is 0 Å². The normalized spacial score (nSPS) is 11.8. The van der Waals surface area contributed by atoms with Crippen LogP contribution in [0.5, 0.6) is 0 Å². The lowest BCUT2D eigenvalue weighted by atomic mass is 9.89. The lowest BCUT2D eigenvalue weighted by Crippen LogP contribution is -1.89. The Morgan fingerprint density at radius 2 is 0.800 bits per heavy atom. The van der Waals surface area contributed by atoms with E-state index in [-0.39, 0.29) is 0 Å². The predicted molar refractivity (Wildman–Crippen MR) is 157 cm³/mol. The van der Waals surface area contributed by atoms with E-state index in [1.807, 2.05) is 38.6 Å². The van der Waals surface area contributed by atoms with Crippen LogP contribution < -0.4 is 0 Å². The van der Waals surface area contributed by atoms with Crippen molar-refractivity contribution < 1.29 is 8.83 Å². The molecule has 4 heterocycles. The maximum Gasteiger partial charge on any atom is 0.191 e. The molecule has 0 aliphatic heterocycles. The van der Waals surface area contributed by atoms with Crippen molar-refractivity contribution in [3.8, 4) is 44.9 Å². The van der Waals surface area contributed by atoms with Crippen molar-refractivity contribution in [1.82, 2.24) is 19.9 Å². The van der Waals surface area contributed by atoms with E-state index in [1.165, 1.54) is 32.3 Å². The molecule has 0 spiro atoms. The summed E-state index contributed by atoms with van der Waals surface area (Å²) in [7, 11) is 0. The molecule has 40 heavy (non-hydrogen) atoms. The van der Waals surface area contributed by atoms with Gasteiger partial charge >= 0.3 is 0 Å². The monoisotopic (exact) mass is 518 g/mol. The van der Waals surface area contributed by atoms with Crippen molar-refractivity contribution in [2.45, 2.75) is 13.8 Å². The number of nitrogens with zero attached hydrogens (tertiary/aromatic N) is 4. The van der Waals surface area contributed by atoms with Crippen molar-refractivity contribution in [2.75, 3.05) is 0 Å². The molecule has 0 aliphatic carbocycles. The maximum atomic E-state index is 5.73. The second-order valence-corrected chi connectivity index (χ2v) is 10.1. The van der Waals surface area contributed by atoms with E-state index >= 15 is 0 Å². The quantitative estimate of drug-likeness (QED) is 0.217. The lowest BCUT2D eigenvalue weighted by molar-refractivity contribution is 0.534. The first-order valence-corrected chi connectivity index (χ1v) is 13.1. The van der Waals surface area contributed by atoms with Gasteiger partial charge in [0.2, 0.25) is 0 Å². The Hall–Kier alpha value is -5.36. The molecule has 0 atom stereocenters. The maximum absolute atomic E-state index is 5.73. The molecule has 8 rings (SSSR count). The molecule has 4 aromatic carbocycles. The molecule has 0 aliphatic rings. The molecule has 0 saturated carbocycles. The largest absolute Gasteiger partial charge is 0.441 e. The summed E-state index contributed by atoms with van der Waals surface area (Å²) in [5.41, 5.74) is 6.12. The Balaban J connectivity index is 1.24. The molecule has 0 N–H and O–H groups in total. The number of aromatic nitrogens is 4. The first-order chi connectivity index (χ1) is 19.6. The fourth-order valence-corrected chi connectivity index (χ4v) is 5.63. The third-order valence-corrected chi connectivity index (χ3v) is 7.49. The fraction of sp³-hybridized carbons (Fsp3) is 0.0588. The molecule has 0 saturated heterocycles. The van der Waals surface area contributed by atoms with Gasteiger partial charge in [0.15, 0.2) is 23.3 Å². The zero-order valence-electron chi connectivity index (χ0n) is 21.8. The highest BCUT2D eigenvalue weighted by molar-refractivity contribution is 6.24. The van der Waals surface area contributed by atoms with E-state index in [1.54, 1.807) is 12.4 Å². The summed E-state index contributed by atoms with van der Waals surface area (Å²) in [5, 5.41) is 7.33. The first-order valence-electron chi connectivity index (χ1n) is 13.1.